The van der Waals surface area contributed by atoms with Gasteiger partial charge in [0, 0.05) is 0 Å². The Hall–Kier alpha value is -0.740. The summed E-state index contributed by atoms with van der Waals surface area (Å²) in [4.78, 5) is 1.02. The van der Waals surface area contributed by atoms with Crippen LogP contribution in [0.1, 0.15) is 10.4 Å². The minimum Gasteiger partial charge on any atom is -0.135 e. The zero-order chi connectivity index (χ0) is 5.98. The fourth-order valence-electron chi connectivity index (χ4n) is 0.507. The van der Waals surface area contributed by atoms with E-state index in [0.717, 1.165) is 4.88 Å². The first-order valence-electron chi connectivity index (χ1n) is 2.34. The number of terminal acetylenes is 1. The molecule has 0 unspecified atom stereocenters. The molecule has 1 heterocycles. The summed E-state index contributed by atoms with van der Waals surface area (Å²) in [6, 6.07) is 2.00. The molecule has 0 aliphatic heterocycles. The SMILES string of the molecule is C#Cc1cc(C)cs1. The molecular formula is C7H6S. The van der Waals surface area contributed by atoms with Crippen LogP contribution in [-0.2, 0) is 0 Å². The quantitative estimate of drug-likeness (QED) is 0.462. The fraction of sp³-hybridized carbons (Fsp3) is 0.143. The first kappa shape index (κ1) is 5.40. The van der Waals surface area contributed by atoms with Crippen molar-refractivity contribution in [3.05, 3.63) is 21.9 Å². The molecule has 1 heteroatoms. The van der Waals surface area contributed by atoms with Crippen molar-refractivity contribution in [1.29, 1.82) is 0 Å². The molecule has 0 radical (unpaired) electrons. The van der Waals surface area contributed by atoms with E-state index in [2.05, 4.69) is 11.3 Å². The third-order valence-corrected chi connectivity index (χ3v) is 1.85. The van der Waals surface area contributed by atoms with Gasteiger partial charge in [0.25, 0.3) is 0 Å². The Labute approximate surface area is 53.2 Å². The van der Waals surface area contributed by atoms with E-state index in [0.29, 0.717) is 0 Å². The van der Waals surface area contributed by atoms with E-state index in [1.807, 2.05) is 13.0 Å². The average molecular weight is 122 g/mol. The second-order valence-electron chi connectivity index (χ2n) is 1.63. The summed E-state index contributed by atoms with van der Waals surface area (Å²) in [5, 5.41) is 2.05. The van der Waals surface area contributed by atoms with Gasteiger partial charge in [-0.05, 0) is 23.9 Å². The van der Waals surface area contributed by atoms with Gasteiger partial charge in [-0.2, -0.15) is 0 Å². The van der Waals surface area contributed by atoms with Gasteiger partial charge >= 0.3 is 0 Å². The first-order valence-corrected chi connectivity index (χ1v) is 3.22. The minimum atomic E-state index is 1.02. The van der Waals surface area contributed by atoms with Crippen LogP contribution in [0, 0.1) is 19.3 Å². The monoisotopic (exact) mass is 122 g/mol. The predicted octanol–water partition coefficient (Wildman–Crippen LogP) is 2.04. The van der Waals surface area contributed by atoms with Crippen molar-refractivity contribution in [2.75, 3.05) is 0 Å². The lowest BCUT2D eigenvalue weighted by molar-refractivity contribution is 1.55. The molecule has 1 aromatic heterocycles. The van der Waals surface area contributed by atoms with Gasteiger partial charge in [-0.25, -0.2) is 0 Å². The van der Waals surface area contributed by atoms with Crippen LogP contribution in [0.15, 0.2) is 11.4 Å². The van der Waals surface area contributed by atoms with Crippen molar-refractivity contribution in [3.8, 4) is 12.3 Å². The van der Waals surface area contributed by atoms with Gasteiger partial charge in [0.1, 0.15) is 0 Å². The Kier molecular flexibility index (Phi) is 1.36. The highest BCUT2D eigenvalue weighted by Gasteiger charge is 1.87. The molecule has 40 valence electrons. The van der Waals surface area contributed by atoms with Crippen LogP contribution in [-0.4, -0.2) is 0 Å². The van der Waals surface area contributed by atoms with Crippen molar-refractivity contribution in [2.24, 2.45) is 0 Å². The maximum absolute atomic E-state index is 5.12. The van der Waals surface area contributed by atoms with Crippen molar-refractivity contribution < 1.29 is 0 Å². The average Bonchev–Trinajstić information content (AvgIpc) is 2.14. The van der Waals surface area contributed by atoms with Crippen LogP contribution in [0.4, 0.5) is 0 Å². The lowest BCUT2D eigenvalue weighted by atomic mass is 10.3. The molecular weight excluding hydrogens is 116 g/mol. The number of hydrogen-bond acceptors (Lipinski definition) is 1. The minimum absolute atomic E-state index is 1.02. The van der Waals surface area contributed by atoms with E-state index in [4.69, 9.17) is 6.42 Å². The summed E-state index contributed by atoms with van der Waals surface area (Å²) in [7, 11) is 0. The molecule has 1 aromatic rings. The summed E-state index contributed by atoms with van der Waals surface area (Å²) >= 11 is 1.61. The van der Waals surface area contributed by atoms with Crippen molar-refractivity contribution in [1.82, 2.24) is 0 Å². The van der Waals surface area contributed by atoms with E-state index >= 15 is 0 Å². The standard InChI is InChI=1S/C7H6S/c1-3-7-4-6(2)5-8-7/h1,4-5H,2H3. The Bertz CT molecular complexity index is 215. The van der Waals surface area contributed by atoms with Crippen LogP contribution < -0.4 is 0 Å². The Morgan fingerprint density at radius 2 is 2.50 bits per heavy atom. The van der Waals surface area contributed by atoms with Gasteiger partial charge in [-0.3, -0.25) is 0 Å². The lowest BCUT2D eigenvalue weighted by Gasteiger charge is -1.70. The normalized spacial score (nSPS) is 8.50. The Balaban J connectivity index is 3.05. The van der Waals surface area contributed by atoms with E-state index in [1.54, 1.807) is 11.3 Å². The third kappa shape index (κ3) is 0.907. The smallest absolute Gasteiger partial charge is 0.0768 e. The first-order chi connectivity index (χ1) is 3.83. The van der Waals surface area contributed by atoms with Crippen LogP contribution in [0.5, 0.6) is 0 Å². The fourth-order valence-corrected chi connectivity index (χ4v) is 1.21. The number of hydrogen-bond donors (Lipinski definition) is 0. The van der Waals surface area contributed by atoms with Gasteiger partial charge in [-0.1, -0.05) is 5.92 Å². The molecule has 0 N–H and O–H groups in total. The van der Waals surface area contributed by atoms with E-state index in [1.165, 1.54) is 5.56 Å². The van der Waals surface area contributed by atoms with Crippen molar-refractivity contribution in [2.45, 2.75) is 6.92 Å². The molecule has 0 saturated heterocycles. The molecule has 1 rings (SSSR count). The summed E-state index contributed by atoms with van der Waals surface area (Å²) in [5.74, 6) is 2.57. The summed E-state index contributed by atoms with van der Waals surface area (Å²) in [6.07, 6.45) is 5.12. The van der Waals surface area contributed by atoms with Crippen LogP contribution in [0.2, 0.25) is 0 Å². The lowest BCUT2D eigenvalue weighted by Crippen LogP contribution is -1.56. The zero-order valence-electron chi connectivity index (χ0n) is 4.64. The second kappa shape index (κ2) is 2.02. The highest BCUT2D eigenvalue weighted by Crippen LogP contribution is 2.10. The molecule has 0 amide bonds. The largest absolute Gasteiger partial charge is 0.135 e. The van der Waals surface area contributed by atoms with E-state index in [9.17, 15) is 0 Å². The molecule has 0 aromatic carbocycles. The van der Waals surface area contributed by atoms with Gasteiger partial charge in [0.15, 0.2) is 0 Å². The van der Waals surface area contributed by atoms with Gasteiger partial charge in [-0.15, -0.1) is 17.8 Å². The molecule has 0 atom stereocenters. The third-order valence-electron chi connectivity index (χ3n) is 0.873. The molecule has 0 fully saturated rings. The molecule has 0 bridgehead atoms. The van der Waals surface area contributed by atoms with Gasteiger partial charge < -0.3 is 0 Å². The predicted molar refractivity (Wildman–Crippen MR) is 37.0 cm³/mol. The van der Waals surface area contributed by atoms with E-state index < -0.39 is 0 Å². The summed E-state index contributed by atoms with van der Waals surface area (Å²) < 4.78 is 0. The molecule has 0 aliphatic carbocycles. The molecule has 0 aliphatic rings. The molecule has 8 heavy (non-hydrogen) atoms. The van der Waals surface area contributed by atoms with Crippen molar-refractivity contribution >= 4 is 11.3 Å². The van der Waals surface area contributed by atoms with Gasteiger partial charge in [0.2, 0.25) is 0 Å². The number of aryl methyl sites for hydroxylation is 1. The molecule has 0 nitrogen and oxygen atoms in total. The summed E-state index contributed by atoms with van der Waals surface area (Å²) in [6.45, 7) is 2.04. The van der Waals surface area contributed by atoms with Crippen LogP contribution in [0.3, 0.4) is 0 Å². The molecule has 0 saturated carbocycles. The van der Waals surface area contributed by atoms with Gasteiger partial charge in [0.05, 0.1) is 4.88 Å². The second-order valence-corrected chi connectivity index (χ2v) is 2.54. The Morgan fingerprint density at radius 3 is 2.75 bits per heavy atom. The zero-order valence-corrected chi connectivity index (χ0v) is 5.46. The van der Waals surface area contributed by atoms with E-state index in [-0.39, 0.29) is 0 Å². The molecule has 0 spiro atoms. The van der Waals surface area contributed by atoms with Crippen molar-refractivity contribution in [3.63, 3.8) is 0 Å². The maximum Gasteiger partial charge on any atom is 0.0768 e. The highest BCUT2D eigenvalue weighted by atomic mass is 32.1. The Morgan fingerprint density at radius 1 is 1.75 bits per heavy atom. The summed E-state index contributed by atoms with van der Waals surface area (Å²) in [5.41, 5.74) is 1.25. The van der Waals surface area contributed by atoms with Crippen LogP contribution in [0.25, 0.3) is 0 Å². The highest BCUT2D eigenvalue weighted by molar-refractivity contribution is 7.10. The van der Waals surface area contributed by atoms with Crippen LogP contribution >= 0.6 is 11.3 Å². The number of thiophene rings is 1. The maximum atomic E-state index is 5.12. The topological polar surface area (TPSA) is 0 Å². The number of rotatable bonds is 0.